The maximum atomic E-state index is 13.7. The van der Waals surface area contributed by atoms with E-state index in [9.17, 15) is 8.78 Å². The molecule has 1 aromatic carbocycles. The van der Waals surface area contributed by atoms with Crippen molar-refractivity contribution >= 4 is 5.96 Å². The Hall–Kier alpha value is -1.69. The van der Waals surface area contributed by atoms with E-state index in [1.807, 2.05) is 6.92 Å². The summed E-state index contributed by atoms with van der Waals surface area (Å²) in [6.07, 6.45) is 1.75. The zero-order valence-corrected chi connectivity index (χ0v) is 15.1. The summed E-state index contributed by atoms with van der Waals surface area (Å²) in [6.45, 7) is 8.40. The van der Waals surface area contributed by atoms with E-state index in [-0.39, 0.29) is 11.2 Å². The van der Waals surface area contributed by atoms with Crippen molar-refractivity contribution in [3.8, 4) is 0 Å². The molecule has 0 aromatic heterocycles. The van der Waals surface area contributed by atoms with Crippen LogP contribution in [0.2, 0.25) is 0 Å². The molecule has 138 valence electrons. The highest BCUT2D eigenvalue weighted by atomic mass is 19.1. The Labute approximate surface area is 148 Å². The molecule has 0 bridgehead atoms. The molecular formula is C19H27F2N3O. The Morgan fingerprint density at radius 3 is 2.92 bits per heavy atom. The third-order valence-corrected chi connectivity index (χ3v) is 5.40. The summed E-state index contributed by atoms with van der Waals surface area (Å²) in [5.74, 6) is 0.428. The third kappa shape index (κ3) is 3.64. The molecule has 1 aliphatic carbocycles. The minimum absolute atomic E-state index is 0.0615. The van der Waals surface area contributed by atoms with E-state index >= 15 is 0 Å². The van der Waals surface area contributed by atoms with Crippen LogP contribution in [0.25, 0.3) is 0 Å². The number of aliphatic imine (C=N–C) groups is 1. The summed E-state index contributed by atoms with van der Waals surface area (Å²) in [6, 6.07) is 3.84. The average Bonchev–Trinajstić information content (AvgIpc) is 3.02. The van der Waals surface area contributed by atoms with Crippen molar-refractivity contribution in [2.45, 2.75) is 45.8 Å². The van der Waals surface area contributed by atoms with E-state index in [4.69, 9.17) is 4.74 Å². The molecule has 3 unspecified atom stereocenters. The molecule has 3 rings (SSSR count). The highest BCUT2D eigenvalue weighted by molar-refractivity contribution is 5.80. The van der Waals surface area contributed by atoms with Crippen molar-refractivity contribution in [1.82, 2.24) is 10.6 Å². The molecule has 0 amide bonds. The molecule has 1 aliphatic heterocycles. The summed E-state index contributed by atoms with van der Waals surface area (Å²) in [5, 5.41) is 6.76. The topological polar surface area (TPSA) is 45.7 Å². The van der Waals surface area contributed by atoms with Gasteiger partial charge in [0.2, 0.25) is 0 Å². The van der Waals surface area contributed by atoms with Gasteiger partial charge in [0.15, 0.2) is 5.96 Å². The van der Waals surface area contributed by atoms with Gasteiger partial charge in [0, 0.05) is 37.1 Å². The highest BCUT2D eigenvalue weighted by Crippen LogP contribution is 2.52. The molecule has 1 saturated carbocycles. The lowest BCUT2D eigenvalue weighted by molar-refractivity contribution is -0.106. The quantitative estimate of drug-likeness (QED) is 0.633. The molecule has 6 heteroatoms. The first-order chi connectivity index (χ1) is 11.9. The lowest BCUT2D eigenvalue weighted by atomic mass is 9.57. The number of nitrogens with one attached hydrogen (secondary N) is 2. The van der Waals surface area contributed by atoms with Gasteiger partial charge in [-0.05, 0) is 43.5 Å². The van der Waals surface area contributed by atoms with Gasteiger partial charge in [-0.2, -0.15) is 0 Å². The van der Waals surface area contributed by atoms with Gasteiger partial charge in [0.25, 0.3) is 0 Å². The first kappa shape index (κ1) is 18.1. The Morgan fingerprint density at radius 2 is 2.16 bits per heavy atom. The van der Waals surface area contributed by atoms with Gasteiger partial charge >= 0.3 is 0 Å². The van der Waals surface area contributed by atoms with Crippen molar-refractivity contribution in [3.63, 3.8) is 0 Å². The molecule has 1 saturated heterocycles. The Balaban J connectivity index is 1.62. The van der Waals surface area contributed by atoms with Gasteiger partial charge in [-0.1, -0.05) is 13.8 Å². The molecule has 25 heavy (non-hydrogen) atoms. The van der Waals surface area contributed by atoms with Crippen LogP contribution in [0.15, 0.2) is 23.2 Å². The van der Waals surface area contributed by atoms with E-state index in [0.717, 1.165) is 37.7 Å². The summed E-state index contributed by atoms with van der Waals surface area (Å²) in [5.41, 5.74) is 0.416. The van der Waals surface area contributed by atoms with Gasteiger partial charge in [-0.15, -0.1) is 0 Å². The number of guanidine groups is 1. The number of ether oxygens (including phenoxy) is 1. The number of halogens is 2. The standard InChI is InChI=1S/C19H27F2N3O/c1-4-22-18(23-9-7-12-11-13(20)5-6-15(12)21)24-16-14-8-10-25-17(14)19(16,2)3/h5-6,11,14,16-17H,4,7-10H2,1-3H3,(H2,22,23,24). The summed E-state index contributed by atoms with van der Waals surface area (Å²) in [7, 11) is 0. The molecule has 4 nitrogen and oxygen atoms in total. The summed E-state index contributed by atoms with van der Waals surface area (Å²) < 4.78 is 32.8. The first-order valence-corrected chi connectivity index (χ1v) is 9.04. The maximum Gasteiger partial charge on any atom is 0.191 e. The van der Waals surface area contributed by atoms with E-state index in [1.54, 1.807) is 0 Å². The fourth-order valence-corrected chi connectivity index (χ4v) is 4.11. The summed E-state index contributed by atoms with van der Waals surface area (Å²) >= 11 is 0. The Morgan fingerprint density at radius 1 is 1.36 bits per heavy atom. The SMILES string of the molecule is CCNC(=NCCc1cc(F)ccc1F)NC1C2CCOC2C1(C)C. The largest absolute Gasteiger partial charge is 0.377 e. The van der Waals surface area contributed by atoms with Gasteiger partial charge in [0.05, 0.1) is 6.10 Å². The second kappa shape index (κ2) is 7.28. The van der Waals surface area contributed by atoms with Gasteiger partial charge in [-0.3, -0.25) is 4.99 Å². The predicted octanol–water partition coefficient (Wildman–Crippen LogP) is 2.88. The molecule has 2 aliphatic rings. The van der Waals surface area contributed by atoms with E-state index in [1.165, 1.54) is 6.07 Å². The lowest BCUT2D eigenvalue weighted by Gasteiger charge is -2.54. The van der Waals surface area contributed by atoms with Crippen molar-refractivity contribution in [2.75, 3.05) is 19.7 Å². The fourth-order valence-electron chi connectivity index (χ4n) is 4.11. The van der Waals surface area contributed by atoms with Crippen molar-refractivity contribution in [1.29, 1.82) is 0 Å². The molecule has 0 spiro atoms. The van der Waals surface area contributed by atoms with Crippen LogP contribution in [0.5, 0.6) is 0 Å². The van der Waals surface area contributed by atoms with E-state index < -0.39 is 5.82 Å². The zero-order valence-electron chi connectivity index (χ0n) is 15.1. The predicted molar refractivity (Wildman–Crippen MR) is 94.6 cm³/mol. The fraction of sp³-hybridized carbons (Fsp3) is 0.632. The van der Waals surface area contributed by atoms with Crippen LogP contribution < -0.4 is 10.6 Å². The van der Waals surface area contributed by atoms with Crippen LogP contribution in [-0.2, 0) is 11.2 Å². The number of nitrogens with zero attached hydrogens (tertiary/aromatic N) is 1. The van der Waals surface area contributed by atoms with Crippen molar-refractivity contribution in [2.24, 2.45) is 16.3 Å². The number of fused-ring (bicyclic) bond motifs is 1. The van der Waals surface area contributed by atoms with Crippen LogP contribution in [0.4, 0.5) is 8.78 Å². The van der Waals surface area contributed by atoms with E-state index in [2.05, 4.69) is 29.5 Å². The maximum absolute atomic E-state index is 13.7. The van der Waals surface area contributed by atoms with E-state index in [0.29, 0.717) is 36.6 Å². The molecule has 0 radical (unpaired) electrons. The molecule has 3 atom stereocenters. The van der Waals surface area contributed by atoms with Gasteiger partial charge in [-0.25, -0.2) is 8.78 Å². The molecule has 2 N–H and O–H groups in total. The molecule has 1 heterocycles. The Bertz CT molecular complexity index is 648. The smallest absolute Gasteiger partial charge is 0.191 e. The number of hydrogen-bond donors (Lipinski definition) is 2. The number of rotatable bonds is 5. The second-order valence-corrected chi connectivity index (χ2v) is 7.43. The lowest BCUT2D eigenvalue weighted by Crippen LogP contribution is -2.68. The van der Waals surface area contributed by atoms with Crippen LogP contribution in [0, 0.1) is 23.0 Å². The molecule has 2 fully saturated rings. The minimum atomic E-state index is -0.422. The monoisotopic (exact) mass is 351 g/mol. The number of hydrogen-bond acceptors (Lipinski definition) is 2. The van der Waals surface area contributed by atoms with Crippen LogP contribution in [0.1, 0.15) is 32.8 Å². The second-order valence-electron chi connectivity index (χ2n) is 7.43. The first-order valence-electron chi connectivity index (χ1n) is 9.04. The van der Waals surface area contributed by atoms with Crippen LogP contribution >= 0.6 is 0 Å². The zero-order chi connectivity index (χ0) is 18.0. The Kier molecular flexibility index (Phi) is 5.27. The third-order valence-electron chi connectivity index (χ3n) is 5.40. The van der Waals surface area contributed by atoms with Crippen LogP contribution in [0.3, 0.4) is 0 Å². The normalized spacial score (nSPS) is 27.6. The van der Waals surface area contributed by atoms with Crippen LogP contribution in [-0.4, -0.2) is 37.8 Å². The van der Waals surface area contributed by atoms with Gasteiger partial charge < -0.3 is 15.4 Å². The van der Waals surface area contributed by atoms with Crippen molar-refractivity contribution < 1.29 is 13.5 Å². The molecular weight excluding hydrogens is 324 g/mol. The molecule has 1 aromatic rings. The summed E-state index contributed by atoms with van der Waals surface area (Å²) in [4.78, 5) is 4.55. The highest BCUT2D eigenvalue weighted by Gasteiger charge is 2.59. The van der Waals surface area contributed by atoms with Gasteiger partial charge in [0.1, 0.15) is 11.6 Å². The van der Waals surface area contributed by atoms with Crippen molar-refractivity contribution in [3.05, 3.63) is 35.4 Å². The minimum Gasteiger partial charge on any atom is -0.377 e. The average molecular weight is 351 g/mol. The number of benzene rings is 1.